The minimum Gasteiger partial charge on any atom is -0.350 e. The molecule has 0 saturated carbocycles. The van der Waals surface area contributed by atoms with Crippen LogP contribution in [0.3, 0.4) is 0 Å². The number of anilines is 1. The fourth-order valence-corrected chi connectivity index (χ4v) is 1.76. The summed E-state index contributed by atoms with van der Waals surface area (Å²) < 4.78 is 0. The molecule has 1 rings (SSSR count). The van der Waals surface area contributed by atoms with E-state index in [0.717, 1.165) is 18.9 Å². The van der Waals surface area contributed by atoms with E-state index in [-0.39, 0.29) is 0 Å². The van der Waals surface area contributed by atoms with Crippen molar-refractivity contribution in [3.8, 4) is 0 Å². The number of nitrogens with one attached hydrogen (secondary N) is 1. The maximum Gasteiger partial charge on any atom is 0.129 e. The van der Waals surface area contributed by atoms with E-state index in [2.05, 4.69) is 61.6 Å². The van der Waals surface area contributed by atoms with Crippen LogP contribution in [0.15, 0.2) is 31.0 Å². The van der Waals surface area contributed by atoms with Crippen LogP contribution in [0.25, 0.3) is 0 Å². The molecule has 0 aliphatic carbocycles. The molecule has 0 spiro atoms. The van der Waals surface area contributed by atoms with Crippen LogP contribution in [-0.2, 0) is 6.54 Å². The van der Waals surface area contributed by atoms with Gasteiger partial charge in [-0.3, -0.25) is 0 Å². The molecule has 18 heavy (non-hydrogen) atoms. The van der Waals surface area contributed by atoms with Gasteiger partial charge in [0.05, 0.1) is 0 Å². The molecule has 0 unspecified atom stereocenters. The topological polar surface area (TPSA) is 28.2 Å². The van der Waals surface area contributed by atoms with Crippen molar-refractivity contribution in [1.29, 1.82) is 0 Å². The highest BCUT2D eigenvalue weighted by atomic mass is 15.2. The molecule has 0 fully saturated rings. The first-order valence-electron chi connectivity index (χ1n) is 6.60. The lowest BCUT2D eigenvalue weighted by Gasteiger charge is -2.26. The van der Waals surface area contributed by atoms with Gasteiger partial charge in [-0.05, 0) is 31.5 Å². The third kappa shape index (κ3) is 4.49. The van der Waals surface area contributed by atoms with Gasteiger partial charge in [-0.2, -0.15) is 0 Å². The smallest absolute Gasteiger partial charge is 0.129 e. The molecule has 0 aliphatic rings. The fourth-order valence-electron chi connectivity index (χ4n) is 1.76. The highest BCUT2D eigenvalue weighted by Crippen LogP contribution is 2.15. The van der Waals surface area contributed by atoms with E-state index in [1.165, 1.54) is 5.56 Å². The molecular weight excluding hydrogens is 222 g/mol. The van der Waals surface area contributed by atoms with Gasteiger partial charge in [0, 0.05) is 31.4 Å². The fraction of sp³-hybridized carbons (Fsp3) is 0.533. The highest BCUT2D eigenvalue weighted by Gasteiger charge is 2.10. The molecule has 0 bridgehead atoms. The van der Waals surface area contributed by atoms with Crippen LogP contribution < -0.4 is 10.2 Å². The predicted molar refractivity (Wildman–Crippen MR) is 78.9 cm³/mol. The van der Waals surface area contributed by atoms with Gasteiger partial charge in [0.1, 0.15) is 5.82 Å². The number of aromatic nitrogens is 1. The second kappa shape index (κ2) is 7.17. The molecule has 0 atom stereocenters. The average Bonchev–Trinajstić information content (AvgIpc) is 2.33. The SMILES string of the molecule is C=CCN(c1cc(CNC(C)C)ccn1)C(C)C. The zero-order valence-corrected chi connectivity index (χ0v) is 12.0. The Morgan fingerprint density at radius 1 is 1.39 bits per heavy atom. The summed E-state index contributed by atoms with van der Waals surface area (Å²) in [5.74, 6) is 1.02. The van der Waals surface area contributed by atoms with E-state index >= 15 is 0 Å². The molecule has 0 radical (unpaired) electrons. The summed E-state index contributed by atoms with van der Waals surface area (Å²) in [5, 5.41) is 3.42. The van der Waals surface area contributed by atoms with E-state index in [1.807, 2.05) is 12.3 Å². The van der Waals surface area contributed by atoms with Crippen molar-refractivity contribution in [2.45, 2.75) is 46.3 Å². The monoisotopic (exact) mass is 247 g/mol. The average molecular weight is 247 g/mol. The van der Waals surface area contributed by atoms with Crippen LogP contribution in [0.1, 0.15) is 33.3 Å². The molecule has 3 heteroatoms. The lowest BCUT2D eigenvalue weighted by Crippen LogP contribution is -2.31. The van der Waals surface area contributed by atoms with E-state index in [0.29, 0.717) is 12.1 Å². The number of hydrogen-bond donors (Lipinski definition) is 1. The first kappa shape index (κ1) is 14.7. The third-order valence-corrected chi connectivity index (χ3v) is 2.77. The van der Waals surface area contributed by atoms with Crippen molar-refractivity contribution in [3.05, 3.63) is 36.5 Å². The summed E-state index contributed by atoms with van der Waals surface area (Å²) in [6, 6.07) is 5.13. The predicted octanol–water partition coefficient (Wildman–Crippen LogP) is 2.98. The van der Waals surface area contributed by atoms with E-state index < -0.39 is 0 Å². The summed E-state index contributed by atoms with van der Waals surface area (Å²) in [5.41, 5.74) is 1.27. The normalized spacial score (nSPS) is 11.0. The largest absolute Gasteiger partial charge is 0.350 e. The quantitative estimate of drug-likeness (QED) is 0.751. The van der Waals surface area contributed by atoms with Crippen LogP contribution in [-0.4, -0.2) is 23.6 Å². The van der Waals surface area contributed by atoms with Crippen molar-refractivity contribution in [1.82, 2.24) is 10.3 Å². The Balaban J connectivity index is 2.81. The molecule has 1 N–H and O–H groups in total. The molecule has 3 nitrogen and oxygen atoms in total. The molecular formula is C15H25N3. The Hall–Kier alpha value is -1.35. The van der Waals surface area contributed by atoms with Gasteiger partial charge in [0.15, 0.2) is 0 Å². The van der Waals surface area contributed by atoms with Crippen molar-refractivity contribution in [3.63, 3.8) is 0 Å². The summed E-state index contributed by atoms with van der Waals surface area (Å²) in [7, 11) is 0. The summed E-state index contributed by atoms with van der Waals surface area (Å²) in [6.45, 7) is 14.2. The van der Waals surface area contributed by atoms with Crippen molar-refractivity contribution in [2.24, 2.45) is 0 Å². The first-order chi connectivity index (χ1) is 8.54. The molecule has 1 heterocycles. The molecule has 100 valence electrons. The Morgan fingerprint density at radius 3 is 2.67 bits per heavy atom. The minimum atomic E-state index is 0.420. The highest BCUT2D eigenvalue weighted by molar-refractivity contribution is 5.42. The molecule has 1 aromatic rings. The van der Waals surface area contributed by atoms with Gasteiger partial charge in [-0.15, -0.1) is 6.58 Å². The van der Waals surface area contributed by atoms with Crippen LogP contribution in [0.4, 0.5) is 5.82 Å². The van der Waals surface area contributed by atoms with Crippen LogP contribution in [0.5, 0.6) is 0 Å². The van der Waals surface area contributed by atoms with Crippen molar-refractivity contribution in [2.75, 3.05) is 11.4 Å². The molecule has 0 aromatic carbocycles. The van der Waals surface area contributed by atoms with Gasteiger partial charge < -0.3 is 10.2 Å². The Bertz CT molecular complexity index is 372. The van der Waals surface area contributed by atoms with Gasteiger partial charge in [0.2, 0.25) is 0 Å². The van der Waals surface area contributed by atoms with E-state index in [1.54, 1.807) is 0 Å². The van der Waals surface area contributed by atoms with Crippen LogP contribution in [0.2, 0.25) is 0 Å². The van der Waals surface area contributed by atoms with Crippen LogP contribution in [0, 0.1) is 0 Å². The molecule has 0 aliphatic heterocycles. The molecule has 0 saturated heterocycles. The maximum absolute atomic E-state index is 4.46. The first-order valence-corrected chi connectivity index (χ1v) is 6.60. The number of pyridine rings is 1. The standard InChI is InChI=1S/C15H25N3/c1-6-9-18(13(4)5)15-10-14(7-8-16-15)11-17-12(2)3/h6-8,10,12-13,17H,1,9,11H2,2-5H3. The minimum absolute atomic E-state index is 0.420. The van der Waals surface area contributed by atoms with Gasteiger partial charge in [0.25, 0.3) is 0 Å². The number of nitrogens with zero attached hydrogens (tertiary/aromatic N) is 2. The lowest BCUT2D eigenvalue weighted by atomic mass is 10.2. The second-order valence-corrected chi connectivity index (χ2v) is 5.09. The van der Waals surface area contributed by atoms with Crippen molar-refractivity contribution >= 4 is 5.82 Å². The van der Waals surface area contributed by atoms with Gasteiger partial charge in [-0.25, -0.2) is 4.98 Å². The Kier molecular flexibility index (Phi) is 5.86. The van der Waals surface area contributed by atoms with Crippen LogP contribution >= 0.6 is 0 Å². The van der Waals surface area contributed by atoms with Gasteiger partial charge >= 0.3 is 0 Å². The zero-order chi connectivity index (χ0) is 13.5. The van der Waals surface area contributed by atoms with Gasteiger partial charge in [-0.1, -0.05) is 19.9 Å². The zero-order valence-electron chi connectivity index (χ0n) is 12.0. The van der Waals surface area contributed by atoms with E-state index in [4.69, 9.17) is 0 Å². The molecule has 1 aromatic heterocycles. The van der Waals surface area contributed by atoms with Crippen molar-refractivity contribution < 1.29 is 0 Å². The third-order valence-electron chi connectivity index (χ3n) is 2.77. The second-order valence-electron chi connectivity index (χ2n) is 5.09. The lowest BCUT2D eigenvalue weighted by molar-refractivity contribution is 0.588. The Morgan fingerprint density at radius 2 is 2.11 bits per heavy atom. The maximum atomic E-state index is 4.46. The van der Waals surface area contributed by atoms with E-state index in [9.17, 15) is 0 Å². The summed E-state index contributed by atoms with van der Waals surface area (Å²) in [4.78, 5) is 6.70. The summed E-state index contributed by atoms with van der Waals surface area (Å²) in [6.07, 6.45) is 3.80. The Labute approximate surface area is 111 Å². The molecule has 0 amide bonds. The number of hydrogen-bond acceptors (Lipinski definition) is 3. The summed E-state index contributed by atoms with van der Waals surface area (Å²) >= 11 is 0. The number of rotatable bonds is 7.